The number of fused-ring (bicyclic) bond motifs is 4. The number of nitrogens with zero attached hydrogens (tertiary/aromatic N) is 3. The molecule has 0 radical (unpaired) electrons. The van der Waals surface area contributed by atoms with Crippen LogP contribution in [0.4, 0.5) is 35.0 Å². The number of imidazole rings is 1. The number of hydrogen-bond donors (Lipinski definition) is 6. The van der Waals surface area contributed by atoms with Gasteiger partial charge in [-0.2, -0.15) is 18.3 Å². The highest BCUT2D eigenvalue weighted by Crippen LogP contribution is 2.36. The van der Waals surface area contributed by atoms with Crippen LogP contribution in [0.5, 0.6) is 0 Å². The first kappa shape index (κ1) is 30.7. The number of carbonyl (C=O) groups is 2. The molecule has 3 heterocycles. The SMILES string of the molecule is COC(=O)Nc1ccc2c(c1)N[C@@H](C(F)(F)F)CCCC[C@H](NC(=O)/C=C/c1cc(Cl)ccc1N1C=NNN1)c1nc-2c[nH]1. The van der Waals surface area contributed by atoms with Gasteiger partial charge in [0.15, 0.2) is 0 Å². The van der Waals surface area contributed by atoms with Gasteiger partial charge >= 0.3 is 12.3 Å². The van der Waals surface area contributed by atoms with Gasteiger partial charge in [-0.15, -0.1) is 5.53 Å². The molecule has 6 N–H and O–H groups in total. The molecule has 2 atom stereocenters. The van der Waals surface area contributed by atoms with E-state index in [-0.39, 0.29) is 24.2 Å². The number of halogens is 4. The molecule has 0 saturated heterocycles. The first-order chi connectivity index (χ1) is 21.1. The standard InChI is InChI=1S/C28H29ClF3N9O3/c1-44-27(43)35-18-8-9-19-21(13-18)36-24(28(30,31)32)5-3-2-4-20(26-33-14-22(19)38-26)37-25(42)11-6-16-12-17(29)7-10-23(16)41-15-34-39-40-41/h6-15,20,24,36,39-40H,2-5H2,1H3,(H,33,38)(H,35,43)(H,37,42)/b11-6+/t20-,24+/m0/s1. The van der Waals surface area contributed by atoms with E-state index < -0.39 is 30.3 Å². The Morgan fingerprint density at radius 2 is 1.98 bits per heavy atom. The Labute approximate surface area is 255 Å². The van der Waals surface area contributed by atoms with E-state index in [1.165, 1.54) is 31.7 Å². The van der Waals surface area contributed by atoms with E-state index in [4.69, 9.17) is 11.6 Å². The number of carbonyl (C=O) groups excluding carboxylic acids is 2. The van der Waals surface area contributed by atoms with Gasteiger partial charge in [0.1, 0.15) is 18.2 Å². The van der Waals surface area contributed by atoms with Crippen molar-refractivity contribution in [1.82, 2.24) is 26.4 Å². The number of hydrogen-bond acceptors (Lipinski definition) is 9. The number of H-pyrrole nitrogens is 1. The fourth-order valence-corrected chi connectivity index (χ4v) is 5.03. The van der Waals surface area contributed by atoms with Gasteiger partial charge in [-0.05, 0) is 55.3 Å². The number of amides is 2. The average Bonchev–Trinajstić information content (AvgIpc) is 3.69. The van der Waals surface area contributed by atoms with Crippen molar-refractivity contribution in [2.75, 3.05) is 22.8 Å². The van der Waals surface area contributed by atoms with Crippen LogP contribution in [-0.4, -0.2) is 47.6 Å². The van der Waals surface area contributed by atoms with E-state index in [2.05, 4.69) is 46.8 Å². The zero-order valence-electron chi connectivity index (χ0n) is 23.3. The van der Waals surface area contributed by atoms with Gasteiger partial charge < -0.3 is 20.4 Å². The third-order valence-electron chi connectivity index (χ3n) is 7.00. The van der Waals surface area contributed by atoms with Crippen molar-refractivity contribution in [3.8, 4) is 11.3 Å². The molecule has 2 aliphatic heterocycles. The number of nitrogens with one attached hydrogen (secondary N) is 6. The minimum Gasteiger partial charge on any atom is -0.453 e. The quantitative estimate of drug-likeness (QED) is 0.203. The van der Waals surface area contributed by atoms with E-state index in [9.17, 15) is 22.8 Å². The molecular formula is C28H29ClF3N9O3. The lowest BCUT2D eigenvalue weighted by molar-refractivity contribution is -0.144. The molecule has 3 aromatic rings. The lowest BCUT2D eigenvalue weighted by atomic mass is 10.0. The van der Waals surface area contributed by atoms with Crippen LogP contribution >= 0.6 is 11.6 Å². The second-order valence-electron chi connectivity index (χ2n) is 10.0. The molecule has 12 nitrogen and oxygen atoms in total. The highest BCUT2D eigenvalue weighted by atomic mass is 35.5. The molecule has 0 fully saturated rings. The highest BCUT2D eigenvalue weighted by molar-refractivity contribution is 6.30. The zero-order valence-corrected chi connectivity index (χ0v) is 24.1. The number of rotatable bonds is 5. The summed E-state index contributed by atoms with van der Waals surface area (Å²) < 4.78 is 46.7. The number of ether oxygens (including phenoxy) is 1. The summed E-state index contributed by atoms with van der Waals surface area (Å²) in [4.78, 5) is 32.5. The summed E-state index contributed by atoms with van der Waals surface area (Å²) in [5, 5.41) is 14.0. The summed E-state index contributed by atoms with van der Waals surface area (Å²) in [6, 6.07) is 7.21. The first-order valence-corrected chi connectivity index (χ1v) is 14.0. The second kappa shape index (κ2) is 13.3. The lowest BCUT2D eigenvalue weighted by Gasteiger charge is -2.25. The fraction of sp³-hybridized carbons (Fsp3) is 0.286. The molecule has 0 spiro atoms. The molecule has 2 aliphatic rings. The van der Waals surface area contributed by atoms with Crippen molar-refractivity contribution in [3.63, 3.8) is 0 Å². The highest BCUT2D eigenvalue weighted by Gasteiger charge is 2.39. The van der Waals surface area contributed by atoms with Crippen molar-refractivity contribution in [3.05, 3.63) is 65.1 Å². The molecule has 16 heteroatoms. The van der Waals surface area contributed by atoms with E-state index in [0.717, 1.165) is 0 Å². The monoisotopic (exact) mass is 631 g/mol. The molecular weight excluding hydrogens is 603 g/mol. The number of alkyl halides is 3. The predicted molar refractivity (Wildman–Crippen MR) is 161 cm³/mol. The summed E-state index contributed by atoms with van der Waals surface area (Å²) >= 11 is 6.18. The van der Waals surface area contributed by atoms with Crippen LogP contribution in [0.2, 0.25) is 5.02 Å². The number of benzene rings is 2. The first-order valence-electron chi connectivity index (χ1n) is 13.6. The Hall–Kier alpha value is -4.76. The molecule has 0 unspecified atom stereocenters. The number of anilines is 3. The Morgan fingerprint density at radius 3 is 2.73 bits per heavy atom. The molecule has 44 heavy (non-hydrogen) atoms. The molecule has 2 bridgehead atoms. The lowest BCUT2D eigenvalue weighted by Crippen LogP contribution is -2.37. The van der Waals surface area contributed by atoms with Crippen molar-refractivity contribution < 1.29 is 27.5 Å². The largest absolute Gasteiger partial charge is 0.453 e. The molecule has 0 aliphatic carbocycles. The number of hydrazone groups is 1. The second-order valence-corrected chi connectivity index (χ2v) is 10.4. The van der Waals surface area contributed by atoms with E-state index >= 15 is 0 Å². The summed E-state index contributed by atoms with van der Waals surface area (Å²) in [7, 11) is 1.19. The number of hydrazine groups is 2. The minimum atomic E-state index is -4.53. The zero-order chi connectivity index (χ0) is 31.3. The number of methoxy groups -OCH3 is 1. The average molecular weight is 632 g/mol. The molecule has 5 rings (SSSR count). The third-order valence-corrected chi connectivity index (χ3v) is 7.24. The maximum Gasteiger partial charge on any atom is 0.411 e. The minimum absolute atomic E-state index is 0.133. The number of aromatic nitrogens is 2. The molecule has 1 aromatic heterocycles. The van der Waals surface area contributed by atoms with Crippen molar-refractivity contribution in [2.24, 2.45) is 5.10 Å². The van der Waals surface area contributed by atoms with Gasteiger partial charge in [-0.25, -0.2) is 20.3 Å². The van der Waals surface area contributed by atoms with Gasteiger partial charge in [-0.1, -0.05) is 24.4 Å². The Bertz CT molecular complexity index is 1580. The Kier molecular flexibility index (Phi) is 9.25. The van der Waals surface area contributed by atoms with E-state index in [0.29, 0.717) is 46.2 Å². The molecule has 0 saturated carbocycles. The summed E-state index contributed by atoms with van der Waals surface area (Å²) in [5.74, 6) is 0.0188. The van der Waals surface area contributed by atoms with Crippen LogP contribution in [0.25, 0.3) is 17.3 Å². The van der Waals surface area contributed by atoms with Crippen LogP contribution in [-0.2, 0) is 9.53 Å². The third kappa shape index (κ3) is 7.41. The van der Waals surface area contributed by atoms with Crippen LogP contribution in [0, 0.1) is 0 Å². The fourth-order valence-electron chi connectivity index (χ4n) is 4.85. The number of aromatic amines is 1. The van der Waals surface area contributed by atoms with Crippen LogP contribution in [0.1, 0.15) is 43.1 Å². The Balaban J connectivity index is 1.41. The topological polar surface area (TPSA) is 148 Å². The molecule has 232 valence electrons. The smallest absolute Gasteiger partial charge is 0.411 e. The summed E-state index contributed by atoms with van der Waals surface area (Å²) in [6.07, 6.45) is 1.52. The van der Waals surface area contributed by atoms with Gasteiger partial charge in [-0.3, -0.25) is 10.1 Å². The van der Waals surface area contributed by atoms with Gasteiger partial charge in [0.2, 0.25) is 5.91 Å². The normalized spacial score (nSPS) is 18.4. The van der Waals surface area contributed by atoms with E-state index in [1.807, 2.05) is 0 Å². The predicted octanol–water partition coefficient (Wildman–Crippen LogP) is 5.47. The molecule has 2 aromatic carbocycles. The van der Waals surface area contributed by atoms with Crippen LogP contribution < -0.4 is 32.0 Å². The van der Waals surface area contributed by atoms with Gasteiger partial charge in [0.05, 0.1) is 24.5 Å². The summed E-state index contributed by atoms with van der Waals surface area (Å²) in [5.41, 5.74) is 7.87. The maximum atomic E-state index is 14.0. The maximum absolute atomic E-state index is 14.0. The molecule has 2 amide bonds. The summed E-state index contributed by atoms with van der Waals surface area (Å²) in [6.45, 7) is 0. The van der Waals surface area contributed by atoms with Gasteiger partial charge in [0.25, 0.3) is 0 Å². The van der Waals surface area contributed by atoms with Crippen LogP contribution in [0.15, 0.2) is 53.8 Å². The Morgan fingerprint density at radius 1 is 1.16 bits per heavy atom. The van der Waals surface area contributed by atoms with E-state index in [1.54, 1.807) is 41.5 Å². The van der Waals surface area contributed by atoms with Gasteiger partial charge in [0, 0.05) is 39.8 Å². The van der Waals surface area contributed by atoms with Crippen molar-refractivity contribution >= 4 is 53.1 Å². The van der Waals surface area contributed by atoms with Crippen molar-refractivity contribution in [2.45, 2.75) is 43.9 Å². The van der Waals surface area contributed by atoms with Crippen LogP contribution in [0.3, 0.4) is 0 Å². The van der Waals surface area contributed by atoms with Crippen molar-refractivity contribution in [1.29, 1.82) is 0 Å².